The van der Waals surface area contributed by atoms with E-state index in [9.17, 15) is 9.90 Å². The standard InChI is InChI=1S/C7H5N3O3.K/c11-7(12)4-1-2-5-6(3-4)10(13)9-8-5;/h1-3,13H,(H,11,12);/q;+1/p-1. The molecular formula is C7H4KN3O3. The number of hydrogen-bond donors (Lipinski definition) is 1. The fourth-order valence-electron chi connectivity index (χ4n) is 1.03. The molecule has 7 heteroatoms. The Kier molecular flexibility index (Phi) is 3.62. The zero-order chi connectivity index (χ0) is 9.42. The van der Waals surface area contributed by atoms with Crippen molar-refractivity contribution in [1.29, 1.82) is 0 Å². The minimum atomic E-state index is -1.30. The van der Waals surface area contributed by atoms with Crippen molar-refractivity contribution >= 4 is 17.0 Å². The number of rotatable bonds is 1. The third-order valence-electron chi connectivity index (χ3n) is 1.66. The van der Waals surface area contributed by atoms with Gasteiger partial charge in [-0.25, -0.2) is 0 Å². The summed E-state index contributed by atoms with van der Waals surface area (Å²) in [5, 5.41) is 26.4. The second-order valence-corrected chi connectivity index (χ2v) is 2.47. The van der Waals surface area contributed by atoms with Crippen LogP contribution in [0.25, 0.3) is 11.0 Å². The minimum absolute atomic E-state index is 0. The van der Waals surface area contributed by atoms with Gasteiger partial charge >= 0.3 is 51.4 Å². The maximum atomic E-state index is 10.4. The molecule has 0 fully saturated rings. The minimum Gasteiger partial charge on any atom is -0.545 e. The SMILES string of the molecule is O=C([O-])c1ccc2nnn(O)c2c1.[K+]. The summed E-state index contributed by atoms with van der Waals surface area (Å²) in [6.45, 7) is 0. The summed E-state index contributed by atoms with van der Waals surface area (Å²) in [7, 11) is 0. The maximum absolute atomic E-state index is 10.4. The molecule has 1 N–H and O–H groups in total. The molecule has 2 aromatic rings. The van der Waals surface area contributed by atoms with Gasteiger partial charge in [0.05, 0.1) is 5.97 Å². The Hall–Kier alpha value is -0.474. The van der Waals surface area contributed by atoms with Crippen LogP contribution >= 0.6 is 0 Å². The van der Waals surface area contributed by atoms with Crippen LogP contribution in [0.2, 0.25) is 0 Å². The number of hydrogen-bond acceptors (Lipinski definition) is 5. The Bertz CT molecular complexity index is 482. The summed E-state index contributed by atoms with van der Waals surface area (Å²) in [5.74, 6) is -1.30. The number of carboxylic acid groups (broad SMARTS) is 1. The molecule has 6 nitrogen and oxygen atoms in total. The molecular weight excluding hydrogens is 213 g/mol. The number of aromatic nitrogens is 3. The van der Waals surface area contributed by atoms with Crippen molar-refractivity contribution in [2.24, 2.45) is 0 Å². The first-order chi connectivity index (χ1) is 6.18. The third kappa shape index (κ3) is 1.96. The summed E-state index contributed by atoms with van der Waals surface area (Å²) in [5.41, 5.74) is 0.638. The first kappa shape index (κ1) is 11.6. The molecule has 0 spiro atoms. The summed E-state index contributed by atoms with van der Waals surface area (Å²) >= 11 is 0. The van der Waals surface area contributed by atoms with Crippen LogP contribution < -0.4 is 56.5 Å². The Morgan fingerprint density at radius 2 is 2.21 bits per heavy atom. The quantitative estimate of drug-likeness (QED) is 0.389. The average molecular weight is 217 g/mol. The molecule has 0 atom stereocenters. The largest absolute Gasteiger partial charge is 1.00 e. The van der Waals surface area contributed by atoms with E-state index in [4.69, 9.17) is 5.21 Å². The number of carbonyl (C=O) groups is 1. The van der Waals surface area contributed by atoms with Gasteiger partial charge in [0.25, 0.3) is 0 Å². The predicted molar refractivity (Wildman–Crippen MR) is 39.0 cm³/mol. The topological polar surface area (TPSA) is 91.1 Å². The molecule has 14 heavy (non-hydrogen) atoms. The van der Waals surface area contributed by atoms with Gasteiger partial charge in [0, 0.05) is 0 Å². The van der Waals surface area contributed by atoms with Gasteiger partial charge in [0.15, 0.2) is 0 Å². The summed E-state index contributed by atoms with van der Waals surface area (Å²) in [6, 6.07) is 4.02. The Balaban J connectivity index is 0.000000980. The molecule has 0 saturated carbocycles. The number of nitrogens with zero attached hydrogens (tertiary/aromatic N) is 3. The van der Waals surface area contributed by atoms with Gasteiger partial charge < -0.3 is 15.1 Å². The Labute approximate surface area is 121 Å². The molecule has 0 aliphatic heterocycles. The number of benzene rings is 1. The van der Waals surface area contributed by atoms with Crippen molar-refractivity contribution in [3.8, 4) is 0 Å². The van der Waals surface area contributed by atoms with E-state index in [-0.39, 0.29) is 62.5 Å². The number of fused-ring (bicyclic) bond motifs is 1. The van der Waals surface area contributed by atoms with E-state index in [1.807, 2.05) is 0 Å². The van der Waals surface area contributed by atoms with Gasteiger partial charge in [-0.2, -0.15) is 0 Å². The van der Waals surface area contributed by atoms with E-state index in [0.717, 1.165) is 0 Å². The summed E-state index contributed by atoms with van der Waals surface area (Å²) in [6.07, 6.45) is 0. The molecule has 0 bridgehead atoms. The molecule has 0 radical (unpaired) electrons. The van der Waals surface area contributed by atoms with Crippen LogP contribution in [0.1, 0.15) is 10.4 Å². The normalized spacial score (nSPS) is 9.71. The predicted octanol–water partition coefficient (Wildman–Crippen LogP) is -3.96. The van der Waals surface area contributed by atoms with E-state index in [0.29, 0.717) is 10.4 Å². The molecule has 0 aliphatic rings. The smallest absolute Gasteiger partial charge is 0.545 e. The molecule has 1 aromatic carbocycles. The second kappa shape index (κ2) is 4.36. The van der Waals surface area contributed by atoms with Crippen LogP contribution in [0.15, 0.2) is 18.2 Å². The number of aromatic carboxylic acids is 1. The van der Waals surface area contributed by atoms with Gasteiger partial charge in [-0.3, -0.25) is 0 Å². The van der Waals surface area contributed by atoms with Gasteiger partial charge in [0.1, 0.15) is 11.0 Å². The molecule has 0 aliphatic carbocycles. The van der Waals surface area contributed by atoms with Crippen molar-refractivity contribution < 1.29 is 66.5 Å². The Morgan fingerprint density at radius 3 is 2.86 bits per heavy atom. The number of carbonyl (C=O) groups excluding carboxylic acids is 1. The number of carboxylic acids is 1. The van der Waals surface area contributed by atoms with Crippen molar-refractivity contribution in [3.05, 3.63) is 23.8 Å². The summed E-state index contributed by atoms with van der Waals surface area (Å²) < 4.78 is 0. The van der Waals surface area contributed by atoms with Gasteiger partial charge in [0.2, 0.25) is 0 Å². The second-order valence-electron chi connectivity index (χ2n) is 2.47. The molecule has 66 valence electrons. The van der Waals surface area contributed by atoms with Crippen molar-refractivity contribution in [2.45, 2.75) is 0 Å². The van der Waals surface area contributed by atoms with Crippen molar-refractivity contribution in [2.75, 3.05) is 0 Å². The molecule has 0 unspecified atom stereocenters. The molecule has 1 aromatic heterocycles. The maximum Gasteiger partial charge on any atom is 1.00 e. The van der Waals surface area contributed by atoms with Crippen LogP contribution in [0.4, 0.5) is 0 Å². The summed E-state index contributed by atoms with van der Waals surface area (Å²) in [4.78, 5) is 11.0. The van der Waals surface area contributed by atoms with E-state index >= 15 is 0 Å². The van der Waals surface area contributed by atoms with Crippen molar-refractivity contribution in [1.82, 2.24) is 15.2 Å². The van der Waals surface area contributed by atoms with Gasteiger partial charge in [-0.15, -0.1) is 5.10 Å². The van der Waals surface area contributed by atoms with Crippen LogP contribution in [-0.2, 0) is 0 Å². The average Bonchev–Trinajstić information content (AvgIpc) is 2.47. The van der Waals surface area contributed by atoms with Gasteiger partial charge in [-0.05, 0) is 22.9 Å². The fourth-order valence-corrected chi connectivity index (χ4v) is 1.03. The monoisotopic (exact) mass is 217 g/mol. The molecule has 0 saturated heterocycles. The third-order valence-corrected chi connectivity index (χ3v) is 1.66. The van der Waals surface area contributed by atoms with E-state index in [1.165, 1.54) is 18.2 Å². The van der Waals surface area contributed by atoms with E-state index in [2.05, 4.69) is 10.3 Å². The van der Waals surface area contributed by atoms with Crippen molar-refractivity contribution in [3.63, 3.8) is 0 Å². The van der Waals surface area contributed by atoms with Gasteiger partial charge in [-0.1, -0.05) is 10.9 Å². The molecule has 1 heterocycles. The van der Waals surface area contributed by atoms with Crippen LogP contribution in [0.3, 0.4) is 0 Å². The van der Waals surface area contributed by atoms with E-state index in [1.54, 1.807) is 0 Å². The van der Waals surface area contributed by atoms with E-state index < -0.39 is 5.97 Å². The van der Waals surface area contributed by atoms with Crippen LogP contribution in [0.5, 0.6) is 0 Å². The molecule has 2 rings (SSSR count). The Morgan fingerprint density at radius 1 is 1.50 bits per heavy atom. The first-order valence-electron chi connectivity index (χ1n) is 3.44. The fraction of sp³-hybridized carbons (Fsp3) is 0. The van der Waals surface area contributed by atoms with Crippen LogP contribution in [0, 0.1) is 0 Å². The zero-order valence-electron chi connectivity index (χ0n) is 7.34. The zero-order valence-corrected chi connectivity index (χ0v) is 10.5. The molecule has 0 amide bonds. The van der Waals surface area contributed by atoms with Crippen LogP contribution in [-0.4, -0.2) is 26.3 Å². The first-order valence-corrected chi connectivity index (χ1v) is 3.44.